The zero-order valence-electron chi connectivity index (χ0n) is 13.0. The molecule has 0 aromatic rings. The van der Waals surface area contributed by atoms with E-state index in [0.717, 1.165) is 6.54 Å². The second-order valence-electron chi connectivity index (χ2n) is 5.77. The third-order valence-electron chi connectivity index (χ3n) is 4.20. The van der Waals surface area contributed by atoms with Crippen LogP contribution in [-0.2, 0) is 9.47 Å². The molecule has 3 heteroatoms. The van der Waals surface area contributed by atoms with Gasteiger partial charge in [-0.05, 0) is 12.8 Å². The monoisotopic (exact) mass is 271 g/mol. The number of methoxy groups -OCH3 is 2. The van der Waals surface area contributed by atoms with Crippen molar-refractivity contribution in [3.05, 3.63) is 0 Å². The molecule has 1 aliphatic rings. The molecule has 114 valence electrons. The van der Waals surface area contributed by atoms with Crippen molar-refractivity contribution in [2.24, 2.45) is 0 Å². The summed E-state index contributed by atoms with van der Waals surface area (Å²) in [7, 11) is 3.41. The van der Waals surface area contributed by atoms with Crippen LogP contribution in [-0.4, -0.2) is 33.1 Å². The van der Waals surface area contributed by atoms with Gasteiger partial charge in [-0.15, -0.1) is 0 Å². The van der Waals surface area contributed by atoms with Gasteiger partial charge in [0.25, 0.3) is 0 Å². The summed E-state index contributed by atoms with van der Waals surface area (Å²) in [5.41, 5.74) is 0. The quantitative estimate of drug-likeness (QED) is 0.770. The van der Waals surface area contributed by atoms with Gasteiger partial charge < -0.3 is 14.8 Å². The SMILES string of the molecule is COC(CNC1CCCCCCCCCCC1)OC. The van der Waals surface area contributed by atoms with Gasteiger partial charge in [0.15, 0.2) is 6.29 Å². The normalized spacial score (nSPS) is 21.0. The fourth-order valence-electron chi connectivity index (χ4n) is 2.89. The fraction of sp³-hybridized carbons (Fsp3) is 1.00. The van der Waals surface area contributed by atoms with Gasteiger partial charge in [-0.2, -0.15) is 0 Å². The summed E-state index contributed by atoms with van der Waals surface area (Å²) in [4.78, 5) is 0. The fourth-order valence-corrected chi connectivity index (χ4v) is 2.89. The van der Waals surface area contributed by atoms with E-state index in [9.17, 15) is 0 Å². The van der Waals surface area contributed by atoms with Gasteiger partial charge in [0.1, 0.15) is 0 Å². The standard InChI is InChI=1S/C16H33NO2/c1-18-16(19-2)14-17-15-12-10-8-6-4-3-5-7-9-11-13-15/h15-17H,3-14H2,1-2H3. The lowest BCUT2D eigenvalue weighted by molar-refractivity contribution is -0.100. The van der Waals surface area contributed by atoms with Crippen molar-refractivity contribution >= 4 is 0 Å². The maximum Gasteiger partial charge on any atom is 0.169 e. The van der Waals surface area contributed by atoms with E-state index in [2.05, 4.69) is 5.32 Å². The minimum absolute atomic E-state index is 0.110. The summed E-state index contributed by atoms with van der Waals surface area (Å²) in [6, 6.07) is 0.646. The van der Waals surface area contributed by atoms with Crippen LogP contribution in [0.15, 0.2) is 0 Å². The van der Waals surface area contributed by atoms with E-state index in [1.807, 2.05) is 0 Å². The van der Waals surface area contributed by atoms with Crippen LogP contribution in [0, 0.1) is 0 Å². The van der Waals surface area contributed by atoms with Gasteiger partial charge >= 0.3 is 0 Å². The van der Waals surface area contributed by atoms with Crippen LogP contribution in [0.5, 0.6) is 0 Å². The first-order valence-electron chi connectivity index (χ1n) is 8.15. The molecule has 0 unspecified atom stereocenters. The van der Waals surface area contributed by atoms with Crippen molar-refractivity contribution in [3.8, 4) is 0 Å². The Bertz CT molecular complexity index is 183. The highest BCUT2D eigenvalue weighted by atomic mass is 16.7. The zero-order chi connectivity index (χ0) is 13.8. The maximum absolute atomic E-state index is 5.24. The molecule has 0 heterocycles. The van der Waals surface area contributed by atoms with Crippen LogP contribution < -0.4 is 5.32 Å². The summed E-state index contributed by atoms with van der Waals surface area (Å²) in [6.07, 6.45) is 15.2. The average Bonchev–Trinajstić information content (AvgIpc) is 2.42. The Labute approximate surface area is 119 Å². The van der Waals surface area contributed by atoms with Crippen LogP contribution in [0.4, 0.5) is 0 Å². The third kappa shape index (κ3) is 8.61. The molecule has 0 radical (unpaired) electrons. The number of hydrogen-bond acceptors (Lipinski definition) is 3. The van der Waals surface area contributed by atoms with Crippen LogP contribution >= 0.6 is 0 Å². The Morgan fingerprint density at radius 3 is 1.63 bits per heavy atom. The van der Waals surface area contributed by atoms with Crippen molar-refractivity contribution < 1.29 is 9.47 Å². The average molecular weight is 271 g/mol. The summed E-state index contributed by atoms with van der Waals surface area (Å²) in [5, 5.41) is 3.63. The molecular formula is C16H33NO2. The molecule has 1 rings (SSSR count). The van der Waals surface area contributed by atoms with Gasteiger partial charge in [0.05, 0.1) is 0 Å². The summed E-state index contributed by atoms with van der Waals surface area (Å²) < 4.78 is 10.5. The first-order chi connectivity index (χ1) is 9.36. The first kappa shape index (κ1) is 16.9. The third-order valence-corrected chi connectivity index (χ3v) is 4.20. The molecule has 19 heavy (non-hydrogen) atoms. The Morgan fingerprint density at radius 1 is 0.789 bits per heavy atom. The highest BCUT2D eigenvalue weighted by molar-refractivity contribution is 4.69. The van der Waals surface area contributed by atoms with Gasteiger partial charge in [0.2, 0.25) is 0 Å². The minimum Gasteiger partial charge on any atom is -0.355 e. The van der Waals surface area contributed by atoms with Crippen LogP contribution in [0.25, 0.3) is 0 Å². The molecule has 0 atom stereocenters. The second kappa shape index (κ2) is 11.7. The Hall–Kier alpha value is -0.120. The van der Waals surface area contributed by atoms with Gasteiger partial charge in [-0.1, -0.05) is 57.8 Å². The predicted molar refractivity (Wildman–Crippen MR) is 80.4 cm³/mol. The van der Waals surface area contributed by atoms with Crippen molar-refractivity contribution in [3.63, 3.8) is 0 Å². The van der Waals surface area contributed by atoms with Crippen LogP contribution in [0.1, 0.15) is 70.6 Å². The van der Waals surface area contributed by atoms with E-state index < -0.39 is 0 Å². The number of nitrogens with one attached hydrogen (secondary N) is 1. The van der Waals surface area contributed by atoms with Crippen LogP contribution in [0.2, 0.25) is 0 Å². The zero-order valence-corrected chi connectivity index (χ0v) is 13.0. The van der Waals surface area contributed by atoms with Crippen molar-refractivity contribution in [1.82, 2.24) is 5.32 Å². The summed E-state index contributed by atoms with van der Waals surface area (Å²) >= 11 is 0. The molecule has 0 amide bonds. The van der Waals surface area contributed by atoms with Gasteiger partial charge in [-0.3, -0.25) is 0 Å². The Kier molecular flexibility index (Phi) is 10.4. The van der Waals surface area contributed by atoms with E-state index >= 15 is 0 Å². The second-order valence-corrected chi connectivity index (χ2v) is 5.77. The lowest BCUT2D eigenvalue weighted by Crippen LogP contribution is -2.37. The lowest BCUT2D eigenvalue weighted by atomic mass is 9.98. The topological polar surface area (TPSA) is 30.5 Å². The van der Waals surface area contributed by atoms with Crippen molar-refractivity contribution in [1.29, 1.82) is 0 Å². The molecule has 1 N–H and O–H groups in total. The molecule has 0 bridgehead atoms. The highest BCUT2D eigenvalue weighted by Crippen LogP contribution is 2.17. The van der Waals surface area contributed by atoms with E-state index in [1.54, 1.807) is 14.2 Å². The molecule has 1 fully saturated rings. The van der Waals surface area contributed by atoms with Gasteiger partial charge in [0, 0.05) is 26.8 Å². The van der Waals surface area contributed by atoms with Gasteiger partial charge in [-0.25, -0.2) is 0 Å². The van der Waals surface area contributed by atoms with Crippen LogP contribution in [0.3, 0.4) is 0 Å². The Balaban J connectivity index is 2.25. The summed E-state index contributed by atoms with van der Waals surface area (Å²) in [5.74, 6) is 0. The van der Waals surface area contributed by atoms with E-state index in [0.29, 0.717) is 6.04 Å². The number of rotatable bonds is 5. The largest absolute Gasteiger partial charge is 0.355 e. The first-order valence-corrected chi connectivity index (χ1v) is 8.15. The summed E-state index contributed by atoms with van der Waals surface area (Å²) in [6.45, 7) is 0.803. The molecule has 0 spiro atoms. The highest BCUT2D eigenvalue weighted by Gasteiger charge is 2.12. The maximum atomic E-state index is 5.24. The number of hydrogen-bond donors (Lipinski definition) is 1. The molecular weight excluding hydrogens is 238 g/mol. The molecule has 0 saturated heterocycles. The van der Waals surface area contributed by atoms with Crippen molar-refractivity contribution in [2.75, 3.05) is 20.8 Å². The molecule has 0 aromatic carbocycles. The molecule has 1 saturated carbocycles. The molecule has 0 aliphatic heterocycles. The molecule has 1 aliphatic carbocycles. The Morgan fingerprint density at radius 2 is 1.21 bits per heavy atom. The minimum atomic E-state index is -0.110. The van der Waals surface area contributed by atoms with E-state index in [1.165, 1.54) is 70.6 Å². The molecule has 0 aromatic heterocycles. The van der Waals surface area contributed by atoms with E-state index in [4.69, 9.17) is 9.47 Å². The smallest absolute Gasteiger partial charge is 0.169 e. The number of ether oxygens (including phenoxy) is 2. The van der Waals surface area contributed by atoms with E-state index in [-0.39, 0.29) is 6.29 Å². The lowest BCUT2D eigenvalue weighted by Gasteiger charge is -2.22. The molecule has 3 nitrogen and oxygen atoms in total. The van der Waals surface area contributed by atoms with Crippen molar-refractivity contribution in [2.45, 2.75) is 83.0 Å². The predicted octanol–water partition coefficient (Wildman–Crippen LogP) is 3.87.